The van der Waals surface area contributed by atoms with Gasteiger partial charge in [0.15, 0.2) is 6.29 Å². The fourth-order valence-electron chi connectivity index (χ4n) is 0.813. The van der Waals surface area contributed by atoms with Crippen molar-refractivity contribution in [3.8, 4) is 5.75 Å². The van der Waals surface area contributed by atoms with Crippen LogP contribution in [0.1, 0.15) is 5.56 Å². The predicted molar refractivity (Wildman–Crippen MR) is 51.7 cm³/mol. The molecule has 14 heavy (non-hydrogen) atoms. The van der Waals surface area contributed by atoms with Crippen LogP contribution >= 0.6 is 0 Å². The Morgan fingerprint density at radius 1 is 1.43 bits per heavy atom. The van der Waals surface area contributed by atoms with Crippen LogP contribution in [0.15, 0.2) is 29.4 Å². The van der Waals surface area contributed by atoms with E-state index < -0.39 is 6.29 Å². The number of nitrogens with two attached hydrogens (primary N) is 1. The van der Waals surface area contributed by atoms with Gasteiger partial charge in [0.05, 0.1) is 6.21 Å². The van der Waals surface area contributed by atoms with Crippen LogP contribution < -0.4 is 16.6 Å². The van der Waals surface area contributed by atoms with Gasteiger partial charge in [0.25, 0.3) is 0 Å². The summed E-state index contributed by atoms with van der Waals surface area (Å²) in [4.78, 5) is 0. The van der Waals surface area contributed by atoms with Crippen LogP contribution in [0.5, 0.6) is 5.75 Å². The Morgan fingerprint density at radius 2 is 2.14 bits per heavy atom. The van der Waals surface area contributed by atoms with E-state index in [1.54, 1.807) is 29.7 Å². The third-order valence-corrected chi connectivity index (χ3v) is 1.49. The van der Waals surface area contributed by atoms with Crippen molar-refractivity contribution < 1.29 is 10.3 Å². The second kappa shape index (κ2) is 5.18. The predicted octanol–water partition coefficient (Wildman–Crippen LogP) is -0.463. The molecule has 0 saturated carbocycles. The van der Waals surface area contributed by atoms with E-state index in [0.717, 1.165) is 0 Å². The minimum atomic E-state index is -0.836. The van der Waals surface area contributed by atoms with Gasteiger partial charge in [0.2, 0.25) is 0 Å². The molecule has 1 rings (SSSR count). The molecule has 76 valence electrons. The molecule has 0 spiro atoms. The third kappa shape index (κ3) is 3.02. The Hall–Kier alpha value is -1.63. The number of para-hydroxylation sites is 1. The number of hydrogen-bond acceptors (Lipinski definition) is 6. The number of phenolic OH excluding ortho intramolecular Hbond substituents is 1. The number of aromatic hydroxyl groups is 1. The molecule has 1 unspecified atom stereocenters. The van der Waals surface area contributed by atoms with Crippen molar-refractivity contribution in [2.75, 3.05) is 0 Å². The van der Waals surface area contributed by atoms with Gasteiger partial charge in [-0.25, -0.2) is 0 Å². The molecular formula is C8H12N4O2. The highest BCUT2D eigenvalue weighted by Gasteiger charge is 1.95. The van der Waals surface area contributed by atoms with Gasteiger partial charge in [-0.05, 0) is 12.1 Å². The molecule has 0 amide bonds. The van der Waals surface area contributed by atoms with Crippen molar-refractivity contribution in [3.63, 3.8) is 0 Å². The van der Waals surface area contributed by atoms with Gasteiger partial charge in [0, 0.05) is 5.56 Å². The van der Waals surface area contributed by atoms with Crippen LogP contribution in [0.25, 0.3) is 0 Å². The normalized spacial score (nSPS) is 13.0. The molecule has 0 radical (unpaired) electrons. The number of phenols is 1. The van der Waals surface area contributed by atoms with Gasteiger partial charge in [-0.3, -0.25) is 11.2 Å². The molecule has 1 atom stereocenters. The first kappa shape index (κ1) is 10.5. The Morgan fingerprint density at radius 3 is 2.79 bits per heavy atom. The Balaban J connectivity index is 2.56. The van der Waals surface area contributed by atoms with E-state index in [0.29, 0.717) is 5.56 Å². The van der Waals surface area contributed by atoms with E-state index in [9.17, 15) is 5.11 Å². The highest BCUT2D eigenvalue weighted by molar-refractivity contribution is 5.82. The summed E-state index contributed by atoms with van der Waals surface area (Å²) in [6.45, 7) is 0. The molecule has 0 heterocycles. The maximum atomic E-state index is 9.32. The van der Waals surface area contributed by atoms with Gasteiger partial charge < -0.3 is 10.3 Å². The molecule has 0 fully saturated rings. The monoisotopic (exact) mass is 196 g/mol. The molecule has 0 aliphatic rings. The Labute approximate surface area is 81.0 Å². The molecule has 0 aromatic heterocycles. The molecule has 0 saturated heterocycles. The number of benzene rings is 1. The summed E-state index contributed by atoms with van der Waals surface area (Å²) in [6.07, 6.45) is 0.559. The quantitative estimate of drug-likeness (QED) is 0.255. The zero-order chi connectivity index (χ0) is 10.4. The Kier molecular flexibility index (Phi) is 3.86. The van der Waals surface area contributed by atoms with Crippen LogP contribution in [0, 0.1) is 0 Å². The van der Waals surface area contributed by atoms with Gasteiger partial charge in [-0.2, -0.15) is 10.6 Å². The highest BCUT2D eigenvalue weighted by atomic mass is 16.5. The zero-order valence-electron chi connectivity index (χ0n) is 7.38. The summed E-state index contributed by atoms with van der Waals surface area (Å²) in [5.74, 6) is 0.128. The van der Waals surface area contributed by atoms with E-state index >= 15 is 0 Å². The zero-order valence-corrected chi connectivity index (χ0v) is 7.38. The fourth-order valence-corrected chi connectivity index (χ4v) is 0.813. The van der Waals surface area contributed by atoms with Crippen molar-refractivity contribution in [1.29, 1.82) is 0 Å². The minimum Gasteiger partial charge on any atom is -0.507 e. The summed E-state index contributed by atoms with van der Waals surface area (Å²) in [5.41, 5.74) is 9.93. The minimum absolute atomic E-state index is 0.128. The van der Waals surface area contributed by atoms with Crippen molar-refractivity contribution in [2.24, 2.45) is 10.8 Å². The summed E-state index contributed by atoms with van der Waals surface area (Å²) in [7, 11) is 0. The van der Waals surface area contributed by atoms with Crippen molar-refractivity contribution >= 4 is 6.21 Å². The van der Waals surface area contributed by atoms with Crippen molar-refractivity contribution in [3.05, 3.63) is 29.8 Å². The van der Waals surface area contributed by atoms with E-state index in [-0.39, 0.29) is 5.75 Å². The van der Waals surface area contributed by atoms with E-state index in [1.807, 2.05) is 0 Å². The van der Waals surface area contributed by atoms with E-state index in [4.69, 9.17) is 10.9 Å². The summed E-state index contributed by atoms with van der Waals surface area (Å²) in [6, 6.07) is 6.72. The van der Waals surface area contributed by atoms with Crippen LogP contribution in [0.3, 0.4) is 0 Å². The van der Waals surface area contributed by atoms with Crippen LogP contribution in [-0.4, -0.2) is 22.8 Å². The molecule has 6 N–H and O–H groups in total. The maximum Gasteiger partial charge on any atom is 0.166 e. The first-order valence-corrected chi connectivity index (χ1v) is 3.96. The second-order valence-corrected chi connectivity index (χ2v) is 2.55. The molecular weight excluding hydrogens is 184 g/mol. The van der Waals surface area contributed by atoms with Crippen LogP contribution in [0.2, 0.25) is 0 Å². The molecule has 0 aliphatic carbocycles. The molecule has 0 aliphatic heterocycles. The average molecular weight is 196 g/mol. The van der Waals surface area contributed by atoms with Gasteiger partial charge >= 0.3 is 0 Å². The highest BCUT2D eigenvalue weighted by Crippen LogP contribution is 2.12. The third-order valence-electron chi connectivity index (χ3n) is 1.49. The van der Waals surface area contributed by atoms with Gasteiger partial charge in [-0.1, -0.05) is 12.1 Å². The van der Waals surface area contributed by atoms with Crippen LogP contribution in [-0.2, 0) is 0 Å². The topological polar surface area (TPSA) is 103 Å². The number of hydrazone groups is 1. The SMILES string of the molecule is NC(NO)N/N=C/c1ccccc1O. The maximum absolute atomic E-state index is 9.32. The van der Waals surface area contributed by atoms with Gasteiger partial charge in [-0.15, -0.1) is 0 Å². The average Bonchev–Trinajstić information content (AvgIpc) is 2.20. The summed E-state index contributed by atoms with van der Waals surface area (Å²) in [5, 5.41) is 21.3. The lowest BCUT2D eigenvalue weighted by Gasteiger charge is -2.06. The first-order valence-electron chi connectivity index (χ1n) is 3.96. The number of hydrogen-bond donors (Lipinski definition) is 5. The lowest BCUT2D eigenvalue weighted by molar-refractivity contribution is 0.113. The number of nitrogens with one attached hydrogen (secondary N) is 2. The largest absolute Gasteiger partial charge is 0.507 e. The van der Waals surface area contributed by atoms with Crippen molar-refractivity contribution in [2.45, 2.75) is 6.29 Å². The smallest absolute Gasteiger partial charge is 0.166 e. The van der Waals surface area contributed by atoms with Gasteiger partial charge in [0.1, 0.15) is 5.75 Å². The van der Waals surface area contributed by atoms with E-state index in [2.05, 4.69) is 10.5 Å². The van der Waals surface area contributed by atoms with E-state index in [1.165, 1.54) is 6.21 Å². The lowest BCUT2D eigenvalue weighted by atomic mass is 10.2. The number of rotatable bonds is 4. The lowest BCUT2D eigenvalue weighted by Crippen LogP contribution is -2.45. The number of nitrogens with zero attached hydrogens (tertiary/aromatic N) is 1. The second-order valence-electron chi connectivity index (χ2n) is 2.55. The van der Waals surface area contributed by atoms with Crippen LogP contribution in [0.4, 0.5) is 0 Å². The standard InChI is InChI=1S/C8H12N4O2/c9-8(12-14)11-10-5-6-3-1-2-4-7(6)13/h1-5,8,11-14H,9H2/b10-5+. The molecule has 1 aromatic carbocycles. The molecule has 0 bridgehead atoms. The van der Waals surface area contributed by atoms with Crippen molar-refractivity contribution in [1.82, 2.24) is 10.9 Å². The summed E-state index contributed by atoms with van der Waals surface area (Å²) < 4.78 is 0. The number of hydroxylamine groups is 1. The first-order chi connectivity index (χ1) is 6.74. The fraction of sp³-hybridized carbons (Fsp3) is 0.125. The molecule has 6 nitrogen and oxygen atoms in total. The Bertz CT molecular complexity index is 316. The molecule has 6 heteroatoms. The summed E-state index contributed by atoms with van der Waals surface area (Å²) >= 11 is 0. The molecule has 1 aromatic rings.